The van der Waals surface area contributed by atoms with E-state index in [1.165, 1.54) is 7.11 Å². The van der Waals surface area contributed by atoms with Crippen LogP contribution >= 0.6 is 11.6 Å². The van der Waals surface area contributed by atoms with Gasteiger partial charge in [-0.05, 0) is 17.7 Å². The summed E-state index contributed by atoms with van der Waals surface area (Å²) in [5.41, 5.74) is 8.08. The Bertz CT molecular complexity index is 499. The fourth-order valence-corrected chi connectivity index (χ4v) is 1.51. The molecule has 2 aromatic rings. The van der Waals surface area contributed by atoms with E-state index in [9.17, 15) is 0 Å². The lowest BCUT2D eigenvalue weighted by atomic mass is 10.1. The van der Waals surface area contributed by atoms with Gasteiger partial charge in [0.1, 0.15) is 5.69 Å². The highest BCUT2D eigenvalue weighted by atomic mass is 35.5. The topological polar surface area (TPSA) is 61.0 Å². The molecule has 0 radical (unpaired) electrons. The summed E-state index contributed by atoms with van der Waals surface area (Å²) in [5, 5.41) is 8.28. The number of rotatable bonds is 2. The van der Waals surface area contributed by atoms with Gasteiger partial charge >= 0.3 is 0 Å². The van der Waals surface area contributed by atoms with Crippen LogP contribution in [0.3, 0.4) is 0 Å². The normalized spacial score (nSPS) is 10.1. The maximum atomic E-state index is 5.90. The second kappa shape index (κ2) is 4.37. The molecular formula is C11H10ClN3O. The van der Waals surface area contributed by atoms with Gasteiger partial charge in [-0.3, -0.25) is 0 Å². The Kier molecular flexibility index (Phi) is 2.92. The zero-order valence-electron chi connectivity index (χ0n) is 8.64. The van der Waals surface area contributed by atoms with Crippen LogP contribution in [0.25, 0.3) is 11.1 Å². The van der Waals surface area contributed by atoms with Crippen LogP contribution in [0.4, 0.5) is 5.69 Å². The van der Waals surface area contributed by atoms with Gasteiger partial charge in [-0.1, -0.05) is 23.7 Å². The predicted octanol–water partition coefficient (Wildman–Crippen LogP) is 2.39. The molecule has 2 rings (SSSR count). The number of benzene rings is 1. The Labute approximate surface area is 98.0 Å². The van der Waals surface area contributed by atoms with Crippen molar-refractivity contribution in [1.82, 2.24) is 10.2 Å². The first kappa shape index (κ1) is 10.7. The molecule has 0 saturated carbocycles. The summed E-state index contributed by atoms with van der Waals surface area (Å²) in [4.78, 5) is 0. The monoisotopic (exact) mass is 235 g/mol. The molecule has 0 spiro atoms. The van der Waals surface area contributed by atoms with Crippen molar-refractivity contribution < 1.29 is 4.74 Å². The number of anilines is 1. The molecular weight excluding hydrogens is 226 g/mol. The molecule has 1 aromatic heterocycles. The van der Waals surface area contributed by atoms with Crippen molar-refractivity contribution in [3.05, 3.63) is 35.5 Å². The van der Waals surface area contributed by atoms with Gasteiger partial charge in [-0.15, -0.1) is 5.10 Å². The van der Waals surface area contributed by atoms with E-state index < -0.39 is 0 Å². The first-order valence-corrected chi connectivity index (χ1v) is 5.01. The van der Waals surface area contributed by atoms with E-state index >= 15 is 0 Å². The zero-order chi connectivity index (χ0) is 11.5. The highest BCUT2D eigenvalue weighted by Gasteiger charge is 2.09. The Morgan fingerprint density at radius 1 is 1.25 bits per heavy atom. The minimum atomic E-state index is 0.326. The number of methoxy groups -OCH3 is 1. The average Bonchev–Trinajstić information content (AvgIpc) is 2.31. The lowest BCUT2D eigenvalue weighted by Crippen LogP contribution is -1.99. The number of hydrogen-bond acceptors (Lipinski definition) is 4. The molecule has 0 aliphatic rings. The Morgan fingerprint density at radius 2 is 1.94 bits per heavy atom. The molecule has 0 aliphatic carbocycles. The van der Waals surface area contributed by atoms with Gasteiger partial charge in [0.25, 0.3) is 5.88 Å². The Balaban J connectivity index is 2.51. The summed E-state index contributed by atoms with van der Waals surface area (Å²) in [6.07, 6.45) is 1.60. The van der Waals surface area contributed by atoms with Crippen molar-refractivity contribution in [3.63, 3.8) is 0 Å². The molecule has 0 fully saturated rings. The molecule has 0 amide bonds. The van der Waals surface area contributed by atoms with Crippen LogP contribution in [-0.4, -0.2) is 17.3 Å². The smallest absolute Gasteiger partial charge is 0.257 e. The summed E-state index contributed by atoms with van der Waals surface area (Å²) in [6.45, 7) is 0. The Hall–Kier alpha value is -1.81. The van der Waals surface area contributed by atoms with Crippen molar-refractivity contribution >= 4 is 17.3 Å². The summed E-state index contributed by atoms with van der Waals surface area (Å²) in [6, 6.07) is 7.33. The number of aromatic nitrogens is 2. The van der Waals surface area contributed by atoms with Gasteiger partial charge in [0.05, 0.1) is 13.3 Å². The number of hydrogen-bond donors (Lipinski definition) is 1. The third kappa shape index (κ3) is 1.92. The zero-order valence-corrected chi connectivity index (χ0v) is 9.40. The minimum Gasteiger partial charge on any atom is -0.478 e. The Morgan fingerprint density at radius 3 is 2.56 bits per heavy atom. The quantitative estimate of drug-likeness (QED) is 0.868. The molecule has 1 aromatic carbocycles. The van der Waals surface area contributed by atoms with Gasteiger partial charge in [0, 0.05) is 10.6 Å². The molecule has 0 aliphatic heterocycles. The lowest BCUT2D eigenvalue weighted by molar-refractivity contribution is 0.394. The van der Waals surface area contributed by atoms with E-state index in [0.717, 1.165) is 11.1 Å². The van der Waals surface area contributed by atoms with Crippen LogP contribution in [0.1, 0.15) is 0 Å². The van der Waals surface area contributed by atoms with Crippen LogP contribution in [0, 0.1) is 0 Å². The SMILES string of the molecule is COc1nncc(-c2ccc(Cl)cc2)c1N. The largest absolute Gasteiger partial charge is 0.478 e. The summed E-state index contributed by atoms with van der Waals surface area (Å²) < 4.78 is 5.01. The lowest BCUT2D eigenvalue weighted by Gasteiger charge is -2.07. The van der Waals surface area contributed by atoms with E-state index in [-0.39, 0.29) is 0 Å². The van der Waals surface area contributed by atoms with Crippen molar-refractivity contribution in [1.29, 1.82) is 0 Å². The van der Waals surface area contributed by atoms with Crippen molar-refractivity contribution in [2.24, 2.45) is 0 Å². The second-order valence-electron chi connectivity index (χ2n) is 3.19. The van der Waals surface area contributed by atoms with E-state index in [1.54, 1.807) is 18.3 Å². The maximum absolute atomic E-state index is 5.90. The number of ether oxygens (including phenoxy) is 1. The number of nitrogens with two attached hydrogens (primary N) is 1. The molecule has 0 unspecified atom stereocenters. The molecule has 1 heterocycles. The van der Waals surface area contributed by atoms with Crippen molar-refractivity contribution in [2.75, 3.05) is 12.8 Å². The van der Waals surface area contributed by atoms with E-state index in [0.29, 0.717) is 16.6 Å². The van der Waals surface area contributed by atoms with Crippen molar-refractivity contribution in [3.8, 4) is 17.0 Å². The third-order valence-corrected chi connectivity index (χ3v) is 2.46. The fraction of sp³-hybridized carbons (Fsp3) is 0.0909. The highest BCUT2D eigenvalue weighted by molar-refractivity contribution is 6.30. The third-order valence-electron chi connectivity index (χ3n) is 2.20. The summed E-state index contributed by atoms with van der Waals surface area (Å²) in [7, 11) is 1.51. The first-order valence-electron chi connectivity index (χ1n) is 4.63. The summed E-state index contributed by atoms with van der Waals surface area (Å²) in [5.74, 6) is 0.326. The van der Waals surface area contributed by atoms with Gasteiger partial charge in [-0.25, -0.2) is 0 Å². The number of halogens is 1. The predicted molar refractivity (Wildman–Crippen MR) is 63.4 cm³/mol. The molecule has 0 bridgehead atoms. The van der Waals surface area contributed by atoms with Crippen LogP contribution in [0.15, 0.2) is 30.5 Å². The fourth-order valence-electron chi connectivity index (χ4n) is 1.39. The van der Waals surface area contributed by atoms with E-state index in [4.69, 9.17) is 22.1 Å². The van der Waals surface area contributed by atoms with Gasteiger partial charge in [0.2, 0.25) is 0 Å². The second-order valence-corrected chi connectivity index (χ2v) is 3.62. The molecule has 2 N–H and O–H groups in total. The molecule has 5 heteroatoms. The molecule has 0 atom stereocenters. The highest BCUT2D eigenvalue weighted by Crippen LogP contribution is 2.30. The van der Waals surface area contributed by atoms with Gasteiger partial charge in [-0.2, -0.15) is 5.10 Å². The van der Waals surface area contributed by atoms with Crippen molar-refractivity contribution in [2.45, 2.75) is 0 Å². The standard InChI is InChI=1S/C11H10ClN3O/c1-16-11-10(13)9(6-14-15-11)7-2-4-8(12)5-3-7/h2-6H,1H3,(H2,13,14). The van der Waals surface area contributed by atoms with Crippen LogP contribution in [-0.2, 0) is 0 Å². The minimum absolute atomic E-state index is 0.326. The van der Waals surface area contributed by atoms with Crippen LogP contribution in [0.5, 0.6) is 5.88 Å². The van der Waals surface area contributed by atoms with Crippen LogP contribution < -0.4 is 10.5 Å². The molecule has 16 heavy (non-hydrogen) atoms. The summed E-state index contributed by atoms with van der Waals surface area (Å²) >= 11 is 5.81. The number of nitrogen functional groups attached to an aromatic ring is 1. The van der Waals surface area contributed by atoms with Gasteiger partial charge in [0.15, 0.2) is 0 Å². The van der Waals surface area contributed by atoms with Crippen LogP contribution in [0.2, 0.25) is 5.02 Å². The van der Waals surface area contributed by atoms with E-state index in [2.05, 4.69) is 10.2 Å². The van der Waals surface area contributed by atoms with E-state index in [1.807, 2.05) is 12.1 Å². The first-order chi connectivity index (χ1) is 7.72. The molecule has 4 nitrogen and oxygen atoms in total. The van der Waals surface area contributed by atoms with Gasteiger partial charge < -0.3 is 10.5 Å². The maximum Gasteiger partial charge on any atom is 0.257 e. The molecule has 0 saturated heterocycles. The number of nitrogens with zero attached hydrogens (tertiary/aromatic N) is 2. The average molecular weight is 236 g/mol. The molecule has 82 valence electrons.